The van der Waals surface area contributed by atoms with Crippen LogP contribution >= 0.6 is 0 Å². The first-order valence-electron chi connectivity index (χ1n) is 4.83. The highest BCUT2D eigenvalue weighted by Crippen LogP contribution is 2.20. The average Bonchev–Trinajstić information content (AvgIpc) is 2.28. The highest BCUT2D eigenvalue weighted by Gasteiger charge is 2.20. The Kier molecular flexibility index (Phi) is 2.49. The predicted molar refractivity (Wildman–Crippen MR) is 52.8 cm³/mol. The van der Waals surface area contributed by atoms with Gasteiger partial charge in [-0.05, 0) is 18.9 Å². The molecule has 4 heteroatoms. The van der Waals surface area contributed by atoms with Crippen molar-refractivity contribution in [2.45, 2.75) is 19.3 Å². The van der Waals surface area contributed by atoms with Crippen LogP contribution in [-0.2, 0) is 11.2 Å². The number of carbonyl (C=O) groups is 2. The van der Waals surface area contributed by atoms with Gasteiger partial charge in [0, 0.05) is 18.2 Å². The van der Waals surface area contributed by atoms with Crippen LogP contribution in [0.25, 0.3) is 0 Å². The molecule has 78 valence electrons. The van der Waals surface area contributed by atoms with Gasteiger partial charge in [-0.2, -0.15) is 0 Å². The first-order valence-corrected chi connectivity index (χ1v) is 4.83. The molecule has 0 radical (unpaired) electrons. The molecule has 0 aromatic carbocycles. The van der Waals surface area contributed by atoms with E-state index in [2.05, 4.69) is 9.72 Å². The molecule has 0 fully saturated rings. The molecule has 0 saturated carbocycles. The number of fused-ring (bicyclic) bond motifs is 1. The smallest absolute Gasteiger partial charge is 0.339 e. The Morgan fingerprint density at radius 3 is 3.00 bits per heavy atom. The second-order valence-corrected chi connectivity index (χ2v) is 3.49. The molecule has 1 aliphatic carbocycles. The minimum Gasteiger partial charge on any atom is -0.465 e. The van der Waals surface area contributed by atoms with Gasteiger partial charge >= 0.3 is 5.97 Å². The zero-order valence-corrected chi connectivity index (χ0v) is 8.45. The molecule has 15 heavy (non-hydrogen) atoms. The van der Waals surface area contributed by atoms with Gasteiger partial charge in [0.15, 0.2) is 5.78 Å². The number of methoxy groups -OCH3 is 1. The predicted octanol–water partition coefficient (Wildman–Crippen LogP) is 1.39. The van der Waals surface area contributed by atoms with Crippen LogP contribution < -0.4 is 0 Å². The van der Waals surface area contributed by atoms with Gasteiger partial charge in [0.05, 0.1) is 18.4 Å². The first kappa shape index (κ1) is 9.83. The van der Waals surface area contributed by atoms with Gasteiger partial charge in [-0.15, -0.1) is 0 Å². The van der Waals surface area contributed by atoms with Crippen LogP contribution in [0.5, 0.6) is 0 Å². The van der Waals surface area contributed by atoms with Crippen molar-refractivity contribution in [1.82, 2.24) is 4.98 Å². The van der Waals surface area contributed by atoms with E-state index in [-0.39, 0.29) is 5.78 Å². The standard InChI is InChI=1S/C11H11NO3/c1-15-11(14)7-5-8-9(12-6-7)3-2-4-10(8)13/h5-6H,2-4H2,1H3. The van der Waals surface area contributed by atoms with Gasteiger partial charge in [-0.3, -0.25) is 9.78 Å². The number of ether oxygens (including phenoxy) is 1. The molecule has 1 aliphatic rings. The van der Waals surface area contributed by atoms with Crippen molar-refractivity contribution in [2.24, 2.45) is 0 Å². The fraction of sp³-hybridized carbons (Fsp3) is 0.364. The second-order valence-electron chi connectivity index (χ2n) is 3.49. The molecular formula is C11H11NO3. The van der Waals surface area contributed by atoms with Crippen LogP contribution in [0.3, 0.4) is 0 Å². The largest absolute Gasteiger partial charge is 0.465 e. The van der Waals surface area contributed by atoms with Gasteiger partial charge in [-0.1, -0.05) is 0 Å². The number of pyridine rings is 1. The summed E-state index contributed by atoms with van der Waals surface area (Å²) in [5.74, 6) is -0.391. The van der Waals surface area contributed by atoms with E-state index in [1.807, 2.05) is 0 Å². The number of carbonyl (C=O) groups excluding carboxylic acids is 2. The maximum Gasteiger partial charge on any atom is 0.339 e. The number of rotatable bonds is 1. The third-order valence-electron chi connectivity index (χ3n) is 2.51. The summed E-state index contributed by atoms with van der Waals surface area (Å²) in [6.07, 6.45) is 3.65. The van der Waals surface area contributed by atoms with E-state index in [1.165, 1.54) is 13.3 Å². The van der Waals surface area contributed by atoms with Crippen LogP contribution in [-0.4, -0.2) is 23.8 Å². The van der Waals surface area contributed by atoms with E-state index in [4.69, 9.17) is 0 Å². The normalized spacial score (nSPS) is 14.6. The molecule has 0 atom stereocenters. The Balaban J connectivity index is 2.44. The van der Waals surface area contributed by atoms with Crippen molar-refractivity contribution >= 4 is 11.8 Å². The van der Waals surface area contributed by atoms with E-state index in [0.717, 1.165) is 18.5 Å². The van der Waals surface area contributed by atoms with E-state index >= 15 is 0 Å². The summed E-state index contributed by atoms with van der Waals surface area (Å²) in [5, 5.41) is 0. The summed E-state index contributed by atoms with van der Waals surface area (Å²) in [5.41, 5.74) is 1.70. The minimum atomic E-state index is -0.455. The van der Waals surface area contributed by atoms with Crippen molar-refractivity contribution in [3.05, 3.63) is 29.1 Å². The highest BCUT2D eigenvalue weighted by atomic mass is 16.5. The highest BCUT2D eigenvalue weighted by molar-refractivity contribution is 6.00. The van der Waals surface area contributed by atoms with Gasteiger partial charge in [0.25, 0.3) is 0 Å². The summed E-state index contributed by atoms with van der Waals surface area (Å²) in [6, 6.07) is 1.58. The lowest BCUT2D eigenvalue weighted by Gasteiger charge is -2.13. The molecule has 2 rings (SSSR count). The SMILES string of the molecule is COC(=O)c1cnc2c(c1)C(=O)CCC2. The van der Waals surface area contributed by atoms with Gasteiger partial charge < -0.3 is 4.74 Å². The maximum atomic E-state index is 11.6. The number of hydrogen-bond acceptors (Lipinski definition) is 4. The summed E-state index contributed by atoms with van der Waals surface area (Å²) in [6.45, 7) is 0. The number of nitrogens with zero attached hydrogens (tertiary/aromatic N) is 1. The Hall–Kier alpha value is -1.71. The summed E-state index contributed by atoms with van der Waals surface area (Å²) in [4.78, 5) is 26.9. The minimum absolute atomic E-state index is 0.0644. The fourth-order valence-corrected chi connectivity index (χ4v) is 1.71. The number of aromatic nitrogens is 1. The molecule has 0 aliphatic heterocycles. The molecule has 0 amide bonds. The Bertz CT molecular complexity index is 426. The molecule has 0 spiro atoms. The lowest BCUT2D eigenvalue weighted by atomic mass is 9.94. The molecule has 0 N–H and O–H groups in total. The zero-order chi connectivity index (χ0) is 10.8. The molecule has 0 unspecified atom stereocenters. The lowest BCUT2D eigenvalue weighted by molar-refractivity contribution is 0.0600. The maximum absolute atomic E-state index is 11.6. The van der Waals surface area contributed by atoms with E-state index in [1.54, 1.807) is 6.07 Å². The molecule has 1 aromatic heterocycles. The number of aryl methyl sites for hydroxylation is 1. The van der Waals surface area contributed by atoms with Crippen molar-refractivity contribution in [3.63, 3.8) is 0 Å². The fourth-order valence-electron chi connectivity index (χ4n) is 1.71. The Morgan fingerprint density at radius 1 is 1.47 bits per heavy atom. The van der Waals surface area contributed by atoms with E-state index < -0.39 is 5.97 Å². The second kappa shape index (κ2) is 3.81. The third-order valence-corrected chi connectivity index (χ3v) is 2.51. The third kappa shape index (κ3) is 1.75. The average molecular weight is 205 g/mol. The van der Waals surface area contributed by atoms with Crippen LogP contribution in [0.4, 0.5) is 0 Å². The quantitative estimate of drug-likeness (QED) is 0.650. The lowest BCUT2D eigenvalue weighted by Crippen LogP contribution is -2.14. The van der Waals surface area contributed by atoms with E-state index in [9.17, 15) is 9.59 Å². The van der Waals surface area contributed by atoms with Crippen LogP contribution in [0.1, 0.15) is 39.3 Å². The Labute approximate surface area is 87.3 Å². The molecule has 1 aromatic rings. The number of esters is 1. The van der Waals surface area contributed by atoms with Crippen LogP contribution in [0, 0.1) is 0 Å². The molecule has 4 nitrogen and oxygen atoms in total. The number of ketones is 1. The van der Waals surface area contributed by atoms with Crippen LogP contribution in [0.2, 0.25) is 0 Å². The monoisotopic (exact) mass is 205 g/mol. The summed E-state index contributed by atoms with van der Waals surface area (Å²) < 4.78 is 4.57. The van der Waals surface area contributed by atoms with Crippen molar-refractivity contribution < 1.29 is 14.3 Å². The molecule has 1 heterocycles. The van der Waals surface area contributed by atoms with Gasteiger partial charge in [0.2, 0.25) is 0 Å². The van der Waals surface area contributed by atoms with Crippen LogP contribution in [0.15, 0.2) is 12.3 Å². The Morgan fingerprint density at radius 2 is 2.27 bits per heavy atom. The van der Waals surface area contributed by atoms with Gasteiger partial charge in [-0.25, -0.2) is 4.79 Å². The van der Waals surface area contributed by atoms with Crippen molar-refractivity contribution in [1.29, 1.82) is 0 Å². The number of hydrogen-bond donors (Lipinski definition) is 0. The van der Waals surface area contributed by atoms with Crippen molar-refractivity contribution in [3.8, 4) is 0 Å². The van der Waals surface area contributed by atoms with E-state index in [0.29, 0.717) is 17.5 Å². The summed E-state index contributed by atoms with van der Waals surface area (Å²) in [7, 11) is 1.31. The zero-order valence-electron chi connectivity index (χ0n) is 8.45. The number of Topliss-reactive ketones (excluding diaryl/α,β-unsaturated/α-hetero) is 1. The summed E-state index contributed by atoms with van der Waals surface area (Å²) >= 11 is 0. The molecule has 0 saturated heterocycles. The van der Waals surface area contributed by atoms with Crippen molar-refractivity contribution in [2.75, 3.05) is 7.11 Å². The molecule has 0 bridgehead atoms. The van der Waals surface area contributed by atoms with Gasteiger partial charge in [0.1, 0.15) is 0 Å². The molecular weight excluding hydrogens is 194 g/mol. The first-order chi connectivity index (χ1) is 7.22. The topological polar surface area (TPSA) is 56.3 Å².